The Kier molecular flexibility index (Phi) is 4.71. The van der Waals surface area contributed by atoms with Gasteiger partial charge in [0.25, 0.3) is 0 Å². The zero-order valence-electron chi connectivity index (χ0n) is 11.8. The van der Waals surface area contributed by atoms with Gasteiger partial charge in [-0.2, -0.15) is 5.10 Å². The van der Waals surface area contributed by atoms with E-state index in [1.807, 2.05) is 24.3 Å². The molecule has 1 aliphatic rings. The second-order valence-electron chi connectivity index (χ2n) is 5.40. The molecule has 0 unspecified atom stereocenters. The second kappa shape index (κ2) is 6.71. The van der Waals surface area contributed by atoms with Crippen LogP contribution in [0.1, 0.15) is 43.0 Å². The van der Waals surface area contributed by atoms with Crippen LogP contribution in [-0.4, -0.2) is 9.78 Å². The van der Waals surface area contributed by atoms with E-state index in [4.69, 9.17) is 27.9 Å². The van der Waals surface area contributed by atoms with E-state index in [-0.39, 0.29) is 0 Å². The second-order valence-corrected chi connectivity index (χ2v) is 6.10. The van der Waals surface area contributed by atoms with E-state index < -0.39 is 0 Å². The van der Waals surface area contributed by atoms with Gasteiger partial charge in [-0.05, 0) is 37.1 Å². The SMILES string of the molecule is ClCc1cc(Cl)ccc1OCc1ccn(C2CCCC2)n1. The Labute approximate surface area is 134 Å². The largest absolute Gasteiger partial charge is 0.487 e. The van der Waals surface area contributed by atoms with E-state index in [2.05, 4.69) is 16.0 Å². The van der Waals surface area contributed by atoms with E-state index in [1.165, 1.54) is 25.7 Å². The molecule has 1 saturated carbocycles. The average molecular weight is 325 g/mol. The lowest BCUT2D eigenvalue weighted by atomic mass is 10.2. The average Bonchev–Trinajstić information content (AvgIpc) is 3.16. The summed E-state index contributed by atoms with van der Waals surface area (Å²) in [5, 5.41) is 5.28. The number of halogens is 2. The lowest BCUT2D eigenvalue weighted by molar-refractivity contribution is 0.295. The highest BCUT2D eigenvalue weighted by atomic mass is 35.5. The Bertz CT molecular complexity index is 606. The Morgan fingerprint density at radius 3 is 2.81 bits per heavy atom. The van der Waals surface area contributed by atoms with Gasteiger partial charge in [0.05, 0.1) is 17.6 Å². The molecule has 1 aromatic carbocycles. The summed E-state index contributed by atoms with van der Waals surface area (Å²) in [6.07, 6.45) is 7.13. The van der Waals surface area contributed by atoms with Crippen molar-refractivity contribution < 1.29 is 4.74 Å². The molecule has 3 rings (SSSR count). The predicted molar refractivity (Wildman–Crippen MR) is 85.1 cm³/mol. The van der Waals surface area contributed by atoms with Crippen LogP contribution in [0, 0.1) is 0 Å². The summed E-state index contributed by atoms with van der Waals surface area (Å²) in [6, 6.07) is 8.08. The Balaban J connectivity index is 1.65. The zero-order chi connectivity index (χ0) is 14.7. The number of ether oxygens (including phenoxy) is 1. The smallest absolute Gasteiger partial charge is 0.132 e. The molecule has 0 spiro atoms. The highest BCUT2D eigenvalue weighted by molar-refractivity contribution is 6.30. The van der Waals surface area contributed by atoms with Gasteiger partial charge in [-0.1, -0.05) is 24.4 Å². The van der Waals surface area contributed by atoms with Crippen molar-refractivity contribution >= 4 is 23.2 Å². The molecule has 0 atom stereocenters. The monoisotopic (exact) mass is 324 g/mol. The molecule has 0 amide bonds. The van der Waals surface area contributed by atoms with Crippen LogP contribution in [0.5, 0.6) is 5.75 Å². The quantitative estimate of drug-likeness (QED) is 0.726. The minimum Gasteiger partial charge on any atom is -0.487 e. The third kappa shape index (κ3) is 3.53. The number of nitrogens with zero attached hydrogens (tertiary/aromatic N) is 2. The molecule has 0 aliphatic heterocycles. The number of aromatic nitrogens is 2. The maximum absolute atomic E-state index is 5.96. The first-order chi connectivity index (χ1) is 10.3. The first-order valence-corrected chi connectivity index (χ1v) is 8.19. The fourth-order valence-electron chi connectivity index (χ4n) is 2.77. The molecule has 0 saturated heterocycles. The minimum absolute atomic E-state index is 0.381. The van der Waals surface area contributed by atoms with E-state index in [1.54, 1.807) is 0 Å². The van der Waals surface area contributed by atoms with Gasteiger partial charge in [0.1, 0.15) is 12.4 Å². The number of benzene rings is 1. The van der Waals surface area contributed by atoms with Crippen LogP contribution in [0.25, 0.3) is 0 Å². The molecule has 112 valence electrons. The Morgan fingerprint density at radius 2 is 2.05 bits per heavy atom. The zero-order valence-corrected chi connectivity index (χ0v) is 13.3. The van der Waals surface area contributed by atoms with Gasteiger partial charge < -0.3 is 4.74 Å². The molecular formula is C16H18Cl2N2O. The summed E-state index contributed by atoms with van der Waals surface area (Å²) in [4.78, 5) is 0. The van der Waals surface area contributed by atoms with Gasteiger partial charge in [0, 0.05) is 16.8 Å². The van der Waals surface area contributed by atoms with Gasteiger partial charge in [0.15, 0.2) is 0 Å². The maximum Gasteiger partial charge on any atom is 0.132 e. The first-order valence-electron chi connectivity index (χ1n) is 7.27. The third-order valence-corrected chi connectivity index (χ3v) is 4.43. The van der Waals surface area contributed by atoms with Crippen molar-refractivity contribution in [1.82, 2.24) is 9.78 Å². The standard InChI is InChI=1S/C16H18Cl2N2O/c17-10-12-9-13(18)5-6-16(12)21-11-14-7-8-20(19-14)15-3-1-2-4-15/h5-9,15H,1-4,10-11H2. The molecular weight excluding hydrogens is 307 g/mol. The summed E-state index contributed by atoms with van der Waals surface area (Å²) < 4.78 is 7.91. The maximum atomic E-state index is 5.96. The van der Waals surface area contributed by atoms with Gasteiger partial charge >= 0.3 is 0 Å². The van der Waals surface area contributed by atoms with Crippen molar-refractivity contribution in [2.24, 2.45) is 0 Å². The molecule has 1 aromatic heterocycles. The minimum atomic E-state index is 0.381. The van der Waals surface area contributed by atoms with Gasteiger partial charge in [-0.3, -0.25) is 4.68 Å². The van der Waals surface area contributed by atoms with Crippen molar-refractivity contribution in [3.8, 4) is 5.75 Å². The van der Waals surface area contributed by atoms with Gasteiger partial charge in [0.2, 0.25) is 0 Å². The van der Waals surface area contributed by atoms with E-state index in [0.29, 0.717) is 23.6 Å². The number of alkyl halides is 1. The number of rotatable bonds is 5. The molecule has 5 heteroatoms. The Morgan fingerprint density at radius 1 is 1.24 bits per heavy atom. The van der Waals surface area contributed by atoms with Crippen molar-refractivity contribution in [3.05, 3.63) is 46.7 Å². The third-order valence-electron chi connectivity index (χ3n) is 3.90. The van der Waals surface area contributed by atoms with Crippen molar-refractivity contribution in [2.45, 2.75) is 44.2 Å². The normalized spacial score (nSPS) is 15.5. The van der Waals surface area contributed by atoms with E-state index in [0.717, 1.165) is 17.0 Å². The van der Waals surface area contributed by atoms with Crippen LogP contribution >= 0.6 is 23.2 Å². The molecule has 0 bridgehead atoms. The summed E-state index contributed by atoms with van der Waals surface area (Å²) in [7, 11) is 0. The lowest BCUT2D eigenvalue weighted by Crippen LogP contribution is -2.06. The fourth-order valence-corrected chi connectivity index (χ4v) is 3.18. The lowest BCUT2D eigenvalue weighted by Gasteiger charge is -2.10. The topological polar surface area (TPSA) is 27.1 Å². The van der Waals surface area contributed by atoms with Crippen LogP contribution in [-0.2, 0) is 12.5 Å². The van der Waals surface area contributed by atoms with Crippen LogP contribution < -0.4 is 4.74 Å². The highest BCUT2D eigenvalue weighted by Gasteiger charge is 2.17. The summed E-state index contributed by atoms with van der Waals surface area (Å²) in [6.45, 7) is 0.450. The van der Waals surface area contributed by atoms with Crippen LogP contribution in [0.15, 0.2) is 30.5 Å². The van der Waals surface area contributed by atoms with Crippen LogP contribution in [0.4, 0.5) is 0 Å². The van der Waals surface area contributed by atoms with Crippen LogP contribution in [0.3, 0.4) is 0 Å². The molecule has 1 aliphatic carbocycles. The van der Waals surface area contributed by atoms with Crippen molar-refractivity contribution in [2.75, 3.05) is 0 Å². The predicted octanol–water partition coefficient (Wildman–Crippen LogP) is 4.97. The highest BCUT2D eigenvalue weighted by Crippen LogP contribution is 2.29. The molecule has 2 aromatic rings. The van der Waals surface area contributed by atoms with Crippen molar-refractivity contribution in [1.29, 1.82) is 0 Å². The van der Waals surface area contributed by atoms with E-state index >= 15 is 0 Å². The molecule has 0 radical (unpaired) electrons. The summed E-state index contributed by atoms with van der Waals surface area (Å²) in [5.74, 6) is 1.15. The summed E-state index contributed by atoms with van der Waals surface area (Å²) >= 11 is 11.9. The summed E-state index contributed by atoms with van der Waals surface area (Å²) in [5.41, 5.74) is 1.84. The van der Waals surface area contributed by atoms with E-state index in [9.17, 15) is 0 Å². The molecule has 0 N–H and O–H groups in total. The fraction of sp³-hybridized carbons (Fsp3) is 0.438. The molecule has 1 fully saturated rings. The number of hydrogen-bond acceptors (Lipinski definition) is 2. The van der Waals surface area contributed by atoms with Gasteiger partial charge in [-0.25, -0.2) is 0 Å². The Hall–Kier alpha value is -1.19. The van der Waals surface area contributed by atoms with Crippen LogP contribution in [0.2, 0.25) is 5.02 Å². The van der Waals surface area contributed by atoms with Gasteiger partial charge in [-0.15, -0.1) is 11.6 Å². The molecule has 3 nitrogen and oxygen atoms in total. The molecule has 21 heavy (non-hydrogen) atoms. The van der Waals surface area contributed by atoms with Crippen molar-refractivity contribution in [3.63, 3.8) is 0 Å². The molecule has 1 heterocycles. The first kappa shape index (κ1) is 14.7. The number of hydrogen-bond donors (Lipinski definition) is 0.